The smallest absolute Gasteiger partial charge is 0.328 e. The number of carbonyl (C=O) groups excluding carboxylic acids is 2. The van der Waals surface area contributed by atoms with E-state index in [-0.39, 0.29) is 12.5 Å². The second kappa shape index (κ2) is 7.01. The SMILES string of the molecule is CCOC(=O)C(Cc1ccc(Cl)cc1)NC(C)=O. The second-order valence-electron chi connectivity index (χ2n) is 3.84. The van der Waals surface area contributed by atoms with Crippen LogP contribution in [-0.4, -0.2) is 24.5 Å². The minimum atomic E-state index is -0.663. The summed E-state index contributed by atoms with van der Waals surface area (Å²) >= 11 is 5.78. The number of hydrogen-bond donors (Lipinski definition) is 1. The molecule has 0 heterocycles. The average Bonchev–Trinajstić information content (AvgIpc) is 2.31. The normalized spacial score (nSPS) is 11.7. The molecule has 1 N–H and O–H groups in total. The molecule has 0 bridgehead atoms. The highest BCUT2D eigenvalue weighted by Gasteiger charge is 2.20. The van der Waals surface area contributed by atoms with Gasteiger partial charge in [-0.2, -0.15) is 0 Å². The highest BCUT2D eigenvalue weighted by Crippen LogP contribution is 2.11. The van der Waals surface area contributed by atoms with E-state index in [0.717, 1.165) is 5.56 Å². The number of hydrogen-bond acceptors (Lipinski definition) is 3. The van der Waals surface area contributed by atoms with Gasteiger partial charge in [-0.15, -0.1) is 0 Å². The van der Waals surface area contributed by atoms with Crippen molar-refractivity contribution < 1.29 is 14.3 Å². The number of nitrogens with one attached hydrogen (secondary N) is 1. The lowest BCUT2D eigenvalue weighted by atomic mass is 10.1. The van der Waals surface area contributed by atoms with Crippen LogP contribution in [0.3, 0.4) is 0 Å². The van der Waals surface area contributed by atoms with Crippen LogP contribution in [0, 0.1) is 0 Å². The summed E-state index contributed by atoms with van der Waals surface area (Å²) in [5.41, 5.74) is 0.909. The summed E-state index contributed by atoms with van der Waals surface area (Å²) in [6, 6.07) is 6.45. The number of ether oxygens (including phenoxy) is 1. The first-order valence-electron chi connectivity index (χ1n) is 5.71. The van der Waals surface area contributed by atoms with Crippen LogP contribution in [0.5, 0.6) is 0 Å². The van der Waals surface area contributed by atoms with E-state index >= 15 is 0 Å². The van der Waals surface area contributed by atoms with Crippen molar-refractivity contribution in [3.63, 3.8) is 0 Å². The van der Waals surface area contributed by atoms with E-state index in [1.165, 1.54) is 6.92 Å². The topological polar surface area (TPSA) is 55.4 Å². The van der Waals surface area contributed by atoms with Gasteiger partial charge in [0.2, 0.25) is 5.91 Å². The molecular formula is C13H16ClNO3. The third kappa shape index (κ3) is 4.75. The van der Waals surface area contributed by atoms with Gasteiger partial charge < -0.3 is 10.1 Å². The fraction of sp³-hybridized carbons (Fsp3) is 0.385. The number of halogens is 1. The molecule has 0 fully saturated rings. The fourth-order valence-electron chi connectivity index (χ4n) is 1.54. The van der Waals surface area contributed by atoms with E-state index in [4.69, 9.17) is 16.3 Å². The molecule has 1 amide bonds. The zero-order valence-electron chi connectivity index (χ0n) is 10.4. The van der Waals surface area contributed by atoms with Crippen molar-refractivity contribution in [2.45, 2.75) is 26.3 Å². The molecule has 0 aromatic heterocycles. The quantitative estimate of drug-likeness (QED) is 0.832. The lowest BCUT2D eigenvalue weighted by Crippen LogP contribution is -2.42. The third-order valence-electron chi connectivity index (χ3n) is 2.30. The van der Waals surface area contributed by atoms with Gasteiger partial charge in [-0.1, -0.05) is 23.7 Å². The molecule has 98 valence electrons. The second-order valence-corrected chi connectivity index (χ2v) is 4.27. The Labute approximate surface area is 111 Å². The molecule has 4 nitrogen and oxygen atoms in total. The van der Waals surface area contributed by atoms with Gasteiger partial charge in [0.1, 0.15) is 6.04 Å². The van der Waals surface area contributed by atoms with Crippen LogP contribution in [0.4, 0.5) is 0 Å². The molecule has 1 aromatic carbocycles. The van der Waals surface area contributed by atoms with Gasteiger partial charge in [-0.25, -0.2) is 4.79 Å². The summed E-state index contributed by atoms with van der Waals surface area (Å²) in [7, 11) is 0. The van der Waals surface area contributed by atoms with Gasteiger partial charge in [-0.05, 0) is 24.6 Å². The minimum absolute atomic E-state index is 0.262. The van der Waals surface area contributed by atoms with Gasteiger partial charge in [0.25, 0.3) is 0 Å². The summed E-state index contributed by atoms with van der Waals surface area (Å²) < 4.78 is 4.92. The Morgan fingerprint density at radius 2 is 1.94 bits per heavy atom. The number of amides is 1. The predicted molar refractivity (Wildman–Crippen MR) is 69.4 cm³/mol. The largest absolute Gasteiger partial charge is 0.464 e. The molecule has 0 aliphatic rings. The van der Waals surface area contributed by atoms with Gasteiger partial charge in [0, 0.05) is 18.4 Å². The molecule has 1 aromatic rings. The summed E-state index contributed by atoms with van der Waals surface area (Å²) in [5, 5.41) is 3.21. The summed E-state index contributed by atoms with van der Waals surface area (Å²) in [6.07, 6.45) is 0.385. The highest BCUT2D eigenvalue weighted by atomic mass is 35.5. The first kappa shape index (κ1) is 14.5. The zero-order valence-corrected chi connectivity index (χ0v) is 11.2. The Balaban J connectivity index is 2.74. The van der Waals surface area contributed by atoms with Crippen LogP contribution >= 0.6 is 11.6 Å². The number of benzene rings is 1. The van der Waals surface area contributed by atoms with Crippen LogP contribution in [-0.2, 0) is 20.7 Å². The van der Waals surface area contributed by atoms with E-state index in [9.17, 15) is 9.59 Å². The maximum absolute atomic E-state index is 11.7. The maximum atomic E-state index is 11.7. The molecular weight excluding hydrogens is 254 g/mol. The van der Waals surface area contributed by atoms with E-state index in [2.05, 4.69) is 5.32 Å². The van der Waals surface area contributed by atoms with Crippen molar-refractivity contribution in [1.82, 2.24) is 5.32 Å². The van der Waals surface area contributed by atoms with Gasteiger partial charge in [0.15, 0.2) is 0 Å². The van der Waals surface area contributed by atoms with Crippen molar-refractivity contribution >= 4 is 23.5 Å². The number of carbonyl (C=O) groups is 2. The van der Waals surface area contributed by atoms with E-state index in [1.54, 1.807) is 19.1 Å². The van der Waals surface area contributed by atoms with Crippen molar-refractivity contribution in [1.29, 1.82) is 0 Å². The Hall–Kier alpha value is -1.55. The van der Waals surface area contributed by atoms with Crippen molar-refractivity contribution in [3.05, 3.63) is 34.9 Å². The van der Waals surface area contributed by atoms with Crippen LogP contribution in [0.15, 0.2) is 24.3 Å². The molecule has 0 saturated carbocycles. The monoisotopic (exact) mass is 269 g/mol. The van der Waals surface area contributed by atoms with E-state index < -0.39 is 12.0 Å². The van der Waals surface area contributed by atoms with Crippen molar-refractivity contribution in [2.75, 3.05) is 6.61 Å². The molecule has 0 aliphatic heterocycles. The Morgan fingerprint density at radius 3 is 2.44 bits per heavy atom. The van der Waals surface area contributed by atoms with E-state index in [0.29, 0.717) is 11.4 Å². The Bertz CT molecular complexity index is 417. The Kier molecular flexibility index (Phi) is 5.65. The third-order valence-corrected chi connectivity index (χ3v) is 2.55. The molecule has 5 heteroatoms. The van der Waals surface area contributed by atoms with Crippen molar-refractivity contribution in [3.8, 4) is 0 Å². The summed E-state index contributed by atoms with van der Waals surface area (Å²) in [6.45, 7) is 3.38. The molecule has 1 rings (SSSR count). The van der Waals surface area contributed by atoms with Gasteiger partial charge >= 0.3 is 5.97 Å². The van der Waals surface area contributed by atoms with Gasteiger partial charge in [0.05, 0.1) is 6.61 Å². The first-order chi connectivity index (χ1) is 8.52. The van der Waals surface area contributed by atoms with Gasteiger partial charge in [-0.3, -0.25) is 4.79 Å². The number of rotatable bonds is 5. The zero-order chi connectivity index (χ0) is 13.5. The van der Waals surface area contributed by atoms with E-state index in [1.807, 2.05) is 12.1 Å². The molecule has 1 unspecified atom stereocenters. The lowest BCUT2D eigenvalue weighted by Gasteiger charge is -2.16. The maximum Gasteiger partial charge on any atom is 0.328 e. The van der Waals surface area contributed by atoms with Crippen LogP contribution < -0.4 is 5.32 Å². The minimum Gasteiger partial charge on any atom is -0.464 e. The number of esters is 1. The van der Waals surface area contributed by atoms with Crippen LogP contribution in [0.1, 0.15) is 19.4 Å². The summed E-state index contributed by atoms with van der Waals surface area (Å²) in [4.78, 5) is 22.8. The molecule has 0 saturated heterocycles. The molecule has 0 spiro atoms. The van der Waals surface area contributed by atoms with Crippen LogP contribution in [0.25, 0.3) is 0 Å². The lowest BCUT2D eigenvalue weighted by molar-refractivity contribution is -0.147. The van der Waals surface area contributed by atoms with Crippen LogP contribution in [0.2, 0.25) is 5.02 Å². The fourth-order valence-corrected chi connectivity index (χ4v) is 1.66. The molecule has 1 atom stereocenters. The molecule has 0 aliphatic carbocycles. The molecule has 0 radical (unpaired) electrons. The Morgan fingerprint density at radius 1 is 1.33 bits per heavy atom. The van der Waals surface area contributed by atoms with Crippen molar-refractivity contribution in [2.24, 2.45) is 0 Å². The highest BCUT2D eigenvalue weighted by molar-refractivity contribution is 6.30. The first-order valence-corrected chi connectivity index (χ1v) is 6.09. The standard InChI is InChI=1S/C13H16ClNO3/c1-3-18-13(17)12(15-9(2)16)8-10-4-6-11(14)7-5-10/h4-7,12H,3,8H2,1-2H3,(H,15,16). The molecule has 18 heavy (non-hydrogen) atoms. The average molecular weight is 270 g/mol. The summed E-state index contributed by atoms with van der Waals surface area (Å²) in [5.74, 6) is -0.690. The predicted octanol–water partition coefficient (Wildman–Crippen LogP) is 1.95.